The number of aryl methyl sites for hydroxylation is 2. The first-order valence-electron chi connectivity index (χ1n) is 9.58. The number of aliphatic imine (C=N–C) groups is 1. The smallest absolute Gasteiger partial charge is 0.226 e. The first-order valence-corrected chi connectivity index (χ1v) is 9.58. The summed E-state index contributed by atoms with van der Waals surface area (Å²) in [6.45, 7) is 10.0. The van der Waals surface area contributed by atoms with Crippen LogP contribution in [0.4, 0.5) is 0 Å². The second-order valence-electron chi connectivity index (χ2n) is 7.50. The Morgan fingerprint density at radius 3 is 2.57 bits per heavy atom. The van der Waals surface area contributed by atoms with Crippen LogP contribution in [-0.4, -0.2) is 51.4 Å². The first-order chi connectivity index (χ1) is 12.8. The van der Waals surface area contributed by atoms with E-state index in [2.05, 4.69) is 64.3 Å². The molecule has 0 atom stereocenters. The molecular weight excluding hydrogens is 469 g/mol. The lowest BCUT2D eigenvalue weighted by atomic mass is 10.1. The van der Waals surface area contributed by atoms with E-state index in [0.717, 1.165) is 43.4 Å². The molecule has 0 aliphatic heterocycles. The van der Waals surface area contributed by atoms with Crippen LogP contribution in [0.3, 0.4) is 0 Å². The molecule has 8 nitrogen and oxygen atoms in total. The third-order valence-electron chi connectivity index (χ3n) is 4.32. The van der Waals surface area contributed by atoms with E-state index < -0.39 is 0 Å². The van der Waals surface area contributed by atoms with E-state index in [4.69, 9.17) is 4.52 Å². The number of hydrogen-bond donors (Lipinski definition) is 1. The van der Waals surface area contributed by atoms with Crippen LogP contribution >= 0.6 is 24.0 Å². The Labute approximate surface area is 185 Å². The summed E-state index contributed by atoms with van der Waals surface area (Å²) < 4.78 is 7.16. The highest BCUT2D eigenvalue weighted by molar-refractivity contribution is 14.0. The molecule has 0 aromatic carbocycles. The van der Waals surface area contributed by atoms with Gasteiger partial charge in [-0.15, -0.1) is 24.0 Å². The van der Waals surface area contributed by atoms with E-state index in [0.29, 0.717) is 11.8 Å². The lowest BCUT2D eigenvalue weighted by Crippen LogP contribution is -2.39. The average molecular weight is 503 g/mol. The number of hydrogen-bond acceptors (Lipinski definition) is 5. The molecule has 9 heteroatoms. The first kappa shape index (κ1) is 24.4. The normalized spacial score (nSPS) is 11.8. The number of guanidine groups is 1. The Kier molecular flexibility index (Phi) is 9.91. The summed E-state index contributed by atoms with van der Waals surface area (Å²) >= 11 is 0. The Morgan fingerprint density at radius 1 is 1.29 bits per heavy atom. The van der Waals surface area contributed by atoms with Gasteiger partial charge in [-0.25, -0.2) is 0 Å². The molecule has 158 valence electrons. The quantitative estimate of drug-likeness (QED) is 0.258. The monoisotopic (exact) mass is 503 g/mol. The van der Waals surface area contributed by atoms with Crippen molar-refractivity contribution in [1.29, 1.82) is 0 Å². The third kappa shape index (κ3) is 6.75. The molecule has 0 bridgehead atoms. The molecule has 0 unspecified atom stereocenters. The Hall–Kier alpha value is -1.65. The summed E-state index contributed by atoms with van der Waals surface area (Å²) in [7, 11) is 5.81. The van der Waals surface area contributed by atoms with E-state index in [1.54, 1.807) is 7.05 Å². The Bertz CT molecular complexity index is 751. The average Bonchev–Trinajstić information content (AvgIpc) is 3.21. The van der Waals surface area contributed by atoms with Gasteiger partial charge in [-0.3, -0.25) is 9.67 Å². The van der Waals surface area contributed by atoms with Crippen molar-refractivity contribution in [3.05, 3.63) is 29.2 Å². The fourth-order valence-corrected chi connectivity index (χ4v) is 2.92. The highest BCUT2D eigenvalue weighted by atomic mass is 127. The fourth-order valence-electron chi connectivity index (χ4n) is 2.92. The van der Waals surface area contributed by atoms with Gasteiger partial charge in [0.15, 0.2) is 11.8 Å². The van der Waals surface area contributed by atoms with Crippen molar-refractivity contribution in [3.63, 3.8) is 0 Å². The minimum Gasteiger partial charge on any atom is -0.356 e. The molecule has 2 rings (SSSR count). The second kappa shape index (κ2) is 11.4. The van der Waals surface area contributed by atoms with E-state index >= 15 is 0 Å². The van der Waals surface area contributed by atoms with E-state index in [1.165, 1.54) is 5.56 Å². The number of nitrogens with zero attached hydrogens (tertiary/aromatic N) is 6. The van der Waals surface area contributed by atoms with Gasteiger partial charge >= 0.3 is 0 Å². The molecule has 2 heterocycles. The number of aromatic nitrogens is 4. The highest BCUT2D eigenvalue weighted by Gasteiger charge is 2.15. The minimum atomic E-state index is 0. The van der Waals surface area contributed by atoms with Crippen LogP contribution in [0.15, 0.2) is 15.7 Å². The van der Waals surface area contributed by atoms with Gasteiger partial charge in [0.2, 0.25) is 5.89 Å². The largest absolute Gasteiger partial charge is 0.356 e. The molecule has 2 aromatic heterocycles. The maximum absolute atomic E-state index is 5.28. The van der Waals surface area contributed by atoms with E-state index in [-0.39, 0.29) is 29.9 Å². The van der Waals surface area contributed by atoms with Crippen LogP contribution in [0.25, 0.3) is 0 Å². The zero-order valence-corrected chi connectivity index (χ0v) is 20.4. The van der Waals surface area contributed by atoms with E-state index in [9.17, 15) is 0 Å². The van der Waals surface area contributed by atoms with Gasteiger partial charge < -0.3 is 14.7 Å². The summed E-state index contributed by atoms with van der Waals surface area (Å²) in [5.41, 5.74) is 2.36. The van der Waals surface area contributed by atoms with E-state index in [1.807, 2.05) is 18.8 Å². The zero-order chi connectivity index (χ0) is 20.0. The van der Waals surface area contributed by atoms with Gasteiger partial charge in [0.05, 0.1) is 5.69 Å². The fraction of sp³-hybridized carbons (Fsp3) is 0.684. The number of halogens is 1. The predicted molar refractivity (Wildman–Crippen MR) is 122 cm³/mol. The molecule has 0 saturated heterocycles. The van der Waals surface area contributed by atoms with Crippen molar-refractivity contribution in [2.24, 2.45) is 12.0 Å². The van der Waals surface area contributed by atoms with Crippen molar-refractivity contribution < 1.29 is 4.52 Å². The van der Waals surface area contributed by atoms with Gasteiger partial charge in [-0.05, 0) is 12.3 Å². The predicted octanol–water partition coefficient (Wildman–Crippen LogP) is 3.31. The Morgan fingerprint density at radius 2 is 2.00 bits per heavy atom. The number of rotatable bonds is 8. The molecule has 0 amide bonds. The minimum absolute atomic E-state index is 0. The van der Waals surface area contributed by atoms with Crippen LogP contribution in [-0.2, 0) is 20.0 Å². The van der Waals surface area contributed by atoms with Crippen LogP contribution < -0.4 is 5.32 Å². The molecule has 0 saturated carbocycles. The van der Waals surface area contributed by atoms with Crippen LogP contribution in [0.5, 0.6) is 0 Å². The van der Waals surface area contributed by atoms with Crippen LogP contribution in [0.2, 0.25) is 0 Å². The van der Waals surface area contributed by atoms with Crippen molar-refractivity contribution in [2.75, 3.05) is 20.6 Å². The molecule has 28 heavy (non-hydrogen) atoms. The summed E-state index contributed by atoms with van der Waals surface area (Å²) in [6.07, 6.45) is 3.74. The zero-order valence-electron chi connectivity index (χ0n) is 18.1. The molecule has 0 aliphatic carbocycles. The van der Waals surface area contributed by atoms with Crippen molar-refractivity contribution in [3.8, 4) is 0 Å². The molecule has 0 spiro atoms. The summed E-state index contributed by atoms with van der Waals surface area (Å²) in [5.74, 6) is 3.01. The summed E-state index contributed by atoms with van der Waals surface area (Å²) in [4.78, 5) is 10.9. The molecule has 0 radical (unpaired) electrons. The third-order valence-corrected chi connectivity index (χ3v) is 4.32. The lowest BCUT2D eigenvalue weighted by molar-refractivity contribution is 0.368. The number of nitrogens with one attached hydrogen (secondary N) is 1. The Balaban J connectivity index is 0.00000392. The van der Waals surface area contributed by atoms with Crippen molar-refractivity contribution in [1.82, 2.24) is 30.1 Å². The molecule has 0 aliphatic rings. The van der Waals surface area contributed by atoms with Crippen LogP contribution in [0, 0.1) is 0 Å². The maximum Gasteiger partial charge on any atom is 0.226 e. The molecule has 0 fully saturated rings. The standard InChI is InChI=1S/C19H33N7O.HI/c1-13(2)17-15(12-26(7)23-17)11-25(6)19(20-5)21-10-8-9-16-22-18(14(3)4)24-27-16;/h12-14H,8-11H2,1-7H3,(H,20,21);1H. The van der Waals surface area contributed by atoms with Crippen molar-refractivity contribution >= 4 is 29.9 Å². The second-order valence-corrected chi connectivity index (χ2v) is 7.50. The van der Waals surface area contributed by atoms with Crippen LogP contribution in [0.1, 0.15) is 68.9 Å². The molecule has 1 N–H and O–H groups in total. The summed E-state index contributed by atoms with van der Waals surface area (Å²) in [6, 6.07) is 0. The van der Waals surface area contributed by atoms with Gasteiger partial charge in [0.25, 0.3) is 0 Å². The van der Waals surface area contributed by atoms with Gasteiger partial charge in [-0.2, -0.15) is 10.1 Å². The highest BCUT2D eigenvalue weighted by Crippen LogP contribution is 2.18. The lowest BCUT2D eigenvalue weighted by Gasteiger charge is -2.22. The summed E-state index contributed by atoms with van der Waals surface area (Å²) in [5, 5.41) is 12.0. The van der Waals surface area contributed by atoms with Gasteiger partial charge in [-0.1, -0.05) is 32.9 Å². The van der Waals surface area contributed by atoms with Crippen molar-refractivity contribution in [2.45, 2.75) is 58.9 Å². The molecule has 2 aromatic rings. The maximum atomic E-state index is 5.28. The molecular formula is C19H34IN7O. The SMILES string of the molecule is CN=C(NCCCc1nc(C(C)C)no1)N(C)Cc1cn(C)nc1C(C)C.I. The van der Waals surface area contributed by atoms with Gasteiger partial charge in [0, 0.05) is 58.3 Å². The topological polar surface area (TPSA) is 84.4 Å². The van der Waals surface area contributed by atoms with Gasteiger partial charge in [0.1, 0.15) is 0 Å².